The van der Waals surface area contributed by atoms with E-state index < -0.39 is 30.1 Å². The molecule has 0 heterocycles. The van der Waals surface area contributed by atoms with Crippen molar-refractivity contribution >= 4 is 35.2 Å². The van der Waals surface area contributed by atoms with Gasteiger partial charge in [-0.1, -0.05) is 29.8 Å². The van der Waals surface area contributed by atoms with Gasteiger partial charge < -0.3 is 10.1 Å². The molecule has 0 fully saturated rings. The molecule has 0 atom stereocenters. The number of carbonyl (C=O) groups is 2. The summed E-state index contributed by atoms with van der Waals surface area (Å²) in [5.41, 5.74) is -0.340. The van der Waals surface area contributed by atoms with Crippen LogP contribution in [0.25, 0.3) is 0 Å². The first-order valence-corrected chi connectivity index (χ1v) is 8.60. The average molecular weight is 386 g/mol. The largest absolute Gasteiger partial charge is 0.452 e. The Labute approximate surface area is 152 Å². The number of hydrogen-bond acceptors (Lipinski definition) is 4. The summed E-state index contributed by atoms with van der Waals surface area (Å²) >= 11 is 7.23. The second-order valence-electron chi connectivity index (χ2n) is 4.83. The molecule has 2 rings (SSSR count). The van der Waals surface area contributed by atoms with Gasteiger partial charge in [0.15, 0.2) is 18.2 Å². The number of esters is 1. The van der Waals surface area contributed by atoms with Gasteiger partial charge >= 0.3 is 5.97 Å². The molecule has 0 spiro atoms. The first-order chi connectivity index (χ1) is 12.0. The van der Waals surface area contributed by atoms with Crippen molar-refractivity contribution < 1.29 is 23.1 Å². The SMILES string of the molecule is O=C(COC(=O)c1cc(F)c(F)cc1Cl)NCCSc1ccccc1. The van der Waals surface area contributed by atoms with Gasteiger partial charge in [0.25, 0.3) is 5.91 Å². The minimum atomic E-state index is -1.22. The molecule has 1 N–H and O–H groups in total. The van der Waals surface area contributed by atoms with Crippen LogP contribution in [0.5, 0.6) is 0 Å². The molecule has 0 aliphatic heterocycles. The van der Waals surface area contributed by atoms with Crippen LogP contribution in [0.4, 0.5) is 8.78 Å². The lowest BCUT2D eigenvalue weighted by molar-refractivity contribution is -0.124. The first-order valence-electron chi connectivity index (χ1n) is 7.23. The number of thioether (sulfide) groups is 1. The van der Waals surface area contributed by atoms with Crippen LogP contribution in [-0.2, 0) is 9.53 Å². The molecule has 0 saturated carbocycles. The third kappa shape index (κ3) is 6.03. The second-order valence-corrected chi connectivity index (χ2v) is 6.41. The van der Waals surface area contributed by atoms with E-state index in [-0.39, 0.29) is 10.6 Å². The molecule has 0 radical (unpaired) electrons. The van der Waals surface area contributed by atoms with Crippen LogP contribution in [0.2, 0.25) is 5.02 Å². The maximum Gasteiger partial charge on any atom is 0.340 e. The molecule has 0 aliphatic rings. The van der Waals surface area contributed by atoms with E-state index >= 15 is 0 Å². The number of amides is 1. The van der Waals surface area contributed by atoms with Gasteiger partial charge in [0.05, 0.1) is 10.6 Å². The Bertz CT molecular complexity index is 759. The molecule has 8 heteroatoms. The van der Waals surface area contributed by atoms with Gasteiger partial charge in [0, 0.05) is 17.2 Å². The molecule has 0 unspecified atom stereocenters. The van der Waals surface area contributed by atoms with Crippen molar-refractivity contribution in [2.45, 2.75) is 4.90 Å². The van der Waals surface area contributed by atoms with E-state index in [2.05, 4.69) is 5.32 Å². The number of hydrogen-bond donors (Lipinski definition) is 1. The summed E-state index contributed by atoms with van der Waals surface area (Å²) in [6.45, 7) is -0.147. The fourth-order valence-corrected chi connectivity index (χ4v) is 2.83. The normalized spacial score (nSPS) is 10.4. The topological polar surface area (TPSA) is 55.4 Å². The van der Waals surface area contributed by atoms with E-state index in [0.29, 0.717) is 24.4 Å². The minimum absolute atomic E-state index is 0.288. The lowest BCUT2D eigenvalue weighted by Gasteiger charge is -2.08. The van der Waals surface area contributed by atoms with Gasteiger partial charge in [-0.25, -0.2) is 13.6 Å². The molecule has 2 aromatic carbocycles. The van der Waals surface area contributed by atoms with Crippen molar-refractivity contribution in [3.05, 3.63) is 64.7 Å². The van der Waals surface area contributed by atoms with Crippen molar-refractivity contribution in [2.75, 3.05) is 18.9 Å². The lowest BCUT2D eigenvalue weighted by Crippen LogP contribution is -2.30. The zero-order valence-electron chi connectivity index (χ0n) is 12.9. The average Bonchev–Trinajstić information content (AvgIpc) is 2.60. The summed E-state index contributed by atoms with van der Waals surface area (Å²) in [6, 6.07) is 11.0. The van der Waals surface area contributed by atoms with E-state index in [0.717, 1.165) is 4.90 Å². The number of ether oxygens (including phenoxy) is 1. The Morgan fingerprint density at radius 3 is 2.52 bits per heavy atom. The van der Waals surface area contributed by atoms with Crippen molar-refractivity contribution in [3.63, 3.8) is 0 Å². The van der Waals surface area contributed by atoms with Crippen LogP contribution in [-0.4, -0.2) is 30.8 Å². The van der Waals surface area contributed by atoms with Crippen LogP contribution < -0.4 is 5.32 Å². The highest BCUT2D eigenvalue weighted by Gasteiger charge is 2.17. The lowest BCUT2D eigenvalue weighted by atomic mass is 10.2. The highest BCUT2D eigenvalue weighted by molar-refractivity contribution is 7.99. The molecular weight excluding hydrogens is 372 g/mol. The van der Waals surface area contributed by atoms with Crippen molar-refractivity contribution in [2.24, 2.45) is 0 Å². The number of halogens is 3. The van der Waals surface area contributed by atoms with Gasteiger partial charge in [-0.15, -0.1) is 11.8 Å². The minimum Gasteiger partial charge on any atom is -0.452 e. The van der Waals surface area contributed by atoms with Crippen LogP contribution in [0, 0.1) is 11.6 Å². The monoisotopic (exact) mass is 385 g/mol. The van der Waals surface area contributed by atoms with Gasteiger partial charge in [-0.3, -0.25) is 4.79 Å². The molecule has 25 heavy (non-hydrogen) atoms. The molecule has 4 nitrogen and oxygen atoms in total. The van der Waals surface area contributed by atoms with E-state index in [4.69, 9.17) is 16.3 Å². The maximum absolute atomic E-state index is 13.1. The fourth-order valence-electron chi connectivity index (χ4n) is 1.81. The number of benzene rings is 2. The van der Waals surface area contributed by atoms with Gasteiger partial charge in [-0.05, 0) is 24.3 Å². The predicted octanol–water partition coefficient (Wildman–Crippen LogP) is 3.68. The Hall–Kier alpha value is -2.12. The summed E-state index contributed by atoms with van der Waals surface area (Å²) in [6.07, 6.45) is 0. The Balaban J connectivity index is 1.72. The maximum atomic E-state index is 13.1. The Morgan fingerprint density at radius 1 is 1.12 bits per heavy atom. The summed E-state index contributed by atoms with van der Waals surface area (Å²) in [5.74, 6) is -3.24. The smallest absolute Gasteiger partial charge is 0.340 e. The van der Waals surface area contributed by atoms with Crippen LogP contribution in [0.3, 0.4) is 0 Å². The molecule has 0 aromatic heterocycles. The molecule has 132 valence electrons. The van der Waals surface area contributed by atoms with Crippen LogP contribution in [0.15, 0.2) is 47.4 Å². The van der Waals surface area contributed by atoms with Crippen molar-refractivity contribution in [1.29, 1.82) is 0 Å². The van der Waals surface area contributed by atoms with E-state index in [1.165, 1.54) is 0 Å². The molecule has 1 amide bonds. The number of carbonyl (C=O) groups excluding carboxylic acids is 2. The molecule has 0 bridgehead atoms. The van der Waals surface area contributed by atoms with E-state index in [1.807, 2.05) is 30.3 Å². The number of rotatable bonds is 7. The summed E-state index contributed by atoms with van der Waals surface area (Å²) in [5, 5.41) is 2.30. The zero-order chi connectivity index (χ0) is 18.2. The highest BCUT2D eigenvalue weighted by Crippen LogP contribution is 2.20. The van der Waals surface area contributed by atoms with Crippen molar-refractivity contribution in [1.82, 2.24) is 5.32 Å². The van der Waals surface area contributed by atoms with Crippen molar-refractivity contribution in [3.8, 4) is 0 Å². The zero-order valence-corrected chi connectivity index (χ0v) is 14.5. The van der Waals surface area contributed by atoms with Gasteiger partial charge in [0.2, 0.25) is 0 Å². The Morgan fingerprint density at radius 2 is 1.80 bits per heavy atom. The standard InChI is InChI=1S/C17H14ClF2NO3S/c18-13-9-15(20)14(19)8-12(13)17(23)24-10-16(22)21-6-7-25-11-4-2-1-3-5-11/h1-5,8-9H,6-7,10H2,(H,21,22). The third-order valence-electron chi connectivity index (χ3n) is 3.00. The summed E-state index contributed by atoms with van der Waals surface area (Å²) < 4.78 is 30.8. The van der Waals surface area contributed by atoms with E-state index in [1.54, 1.807) is 11.8 Å². The van der Waals surface area contributed by atoms with E-state index in [9.17, 15) is 18.4 Å². The Kier molecular flexibility index (Phi) is 7.21. The highest BCUT2D eigenvalue weighted by atomic mass is 35.5. The fraction of sp³-hybridized carbons (Fsp3) is 0.176. The predicted molar refractivity (Wildman–Crippen MR) is 91.8 cm³/mol. The molecule has 2 aromatic rings. The van der Waals surface area contributed by atoms with Crippen LogP contribution in [0.1, 0.15) is 10.4 Å². The second kappa shape index (κ2) is 9.39. The first kappa shape index (κ1) is 19.2. The van der Waals surface area contributed by atoms with Gasteiger partial charge in [-0.2, -0.15) is 0 Å². The quantitative estimate of drug-likeness (QED) is 0.342. The molecule has 0 aliphatic carbocycles. The third-order valence-corrected chi connectivity index (χ3v) is 4.33. The summed E-state index contributed by atoms with van der Waals surface area (Å²) in [4.78, 5) is 24.5. The van der Waals surface area contributed by atoms with Crippen LogP contribution >= 0.6 is 23.4 Å². The number of nitrogens with one attached hydrogen (secondary N) is 1. The molecule has 0 saturated heterocycles. The molecular formula is C17H14ClF2NO3S. The summed E-state index contributed by atoms with van der Waals surface area (Å²) in [7, 11) is 0. The van der Waals surface area contributed by atoms with Gasteiger partial charge in [0.1, 0.15) is 0 Å².